The number of nitrogens with one attached hydrogen (secondary N) is 1. The number of benzene rings is 1. The summed E-state index contributed by atoms with van der Waals surface area (Å²) in [6.45, 7) is 1.80. The smallest absolute Gasteiger partial charge is 0.246 e. The number of hydrogen-bond donors (Lipinski definition) is 2. The molecule has 0 atom stereocenters. The van der Waals surface area contributed by atoms with E-state index in [1.807, 2.05) is 0 Å². The summed E-state index contributed by atoms with van der Waals surface area (Å²) in [6, 6.07) is 1.65. The summed E-state index contributed by atoms with van der Waals surface area (Å²) < 4.78 is 44.4. The number of guanidine groups is 1. The van der Waals surface area contributed by atoms with Gasteiger partial charge in [0.15, 0.2) is 23.4 Å². The van der Waals surface area contributed by atoms with E-state index in [2.05, 4.69) is 10.3 Å². The lowest BCUT2D eigenvalue weighted by Gasteiger charge is -2.27. The summed E-state index contributed by atoms with van der Waals surface area (Å²) in [5.74, 6) is -4.96. The SMILES string of the molecule is NC(=NCC(=O)Nc1ccc(F)c(F)c1F)N1CCOCC1. The molecule has 22 heavy (non-hydrogen) atoms. The zero-order chi connectivity index (χ0) is 16.1. The highest BCUT2D eigenvalue weighted by molar-refractivity contribution is 5.94. The lowest BCUT2D eigenvalue weighted by Crippen LogP contribution is -2.45. The van der Waals surface area contributed by atoms with E-state index in [9.17, 15) is 18.0 Å². The molecule has 1 aliphatic heterocycles. The lowest BCUT2D eigenvalue weighted by atomic mass is 10.3. The second-order valence-electron chi connectivity index (χ2n) is 4.54. The van der Waals surface area contributed by atoms with Gasteiger partial charge in [-0.2, -0.15) is 0 Å². The molecule has 1 fully saturated rings. The molecule has 1 aromatic carbocycles. The van der Waals surface area contributed by atoms with E-state index in [0.29, 0.717) is 26.3 Å². The standard InChI is InChI=1S/C13H15F3N4O2/c14-8-1-2-9(12(16)11(8)15)19-10(21)7-18-13(17)20-3-5-22-6-4-20/h1-2H,3-7H2,(H2,17,18)(H,19,21). The number of hydrogen-bond acceptors (Lipinski definition) is 3. The van der Waals surface area contributed by atoms with Gasteiger partial charge in [-0.15, -0.1) is 0 Å². The molecule has 1 heterocycles. The van der Waals surface area contributed by atoms with Gasteiger partial charge in [-0.3, -0.25) is 4.79 Å². The van der Waals surface area contributed by atoms with Crippen molar-refractivity contribution < 1.29 is 22.7 Å². The van der Waals surface area contributed by atoms with Crippen LogP contribution in [0.4, 0.5) is 18.9 Å². The number of anilines is 1. The Bertz CT molecular complexity index is 589. The van der Waals surface area contributed by atoms with Crippen molar-refractivity contribution in [3.8, 4) is 0 Å². The highest BCUT2D eigenvalue weighted by atomic mass is 19.2. The molecule has 120 valence electrons. The van der Waals surface area contributed by atoms with E-state index in [1.165, 1.54) is 0 Å². The maximum Gasteiger partial charge on any atom is 0.246 e. The number of aliphatic imine (C=N–C) groups is 1. The molecule has 2 rings (SSSR count). The van der Waals surface area contributed by atoms with Crippen molar-refractivity contribution in [3.05, 3.63) is 29.6 Å². The summed E-state index contributed by atoms with van der Waals surface area (Å²) in [5, 5.41) is 2.11. The van der Waals surface area contributed by atoms with Gasteiger partial charge in [0.25, 0.3) is 0 Å². The van der Waals surface area contributed by atoms with Crippen molar-refractivity contribution in [2.75, 3.05) is 38.2 Å². The van der Waals surface area contributed by atoms with Crippen LogP contribution in [0.5, 0.6) is 0 Å². The third-order valence-electron chi connectivity index (χ3n) is 3.03. The van der Waals surface area contributed by atoms with Crippen molar-refractivity contribution in [2.24, 2.45) is 10.7 Å². The van der Waals surface area contributed by atoms with Crippen LogP contribution in [0, 0.1) is 17.5 Å². The average molecular weight is 316 g/mol. The Labute approximate surface area is 124 Å². The Morgan fingerprint density at radius 1 is 1.27 bits per heavy atom. The average Bonchev–Trinajstić information content (AvgIpc) is 2.54. The van der Waals surface area contributed by atoms with Crippen LogP contribution in [0.3, 0.4) is 0 Å². The monoisotopic (exact) mass is 316 g/mol. The Morgan fingerprint density at radius 2 is 1.95 bits per heavy atom. The Balaban J connectivity index is 1.94. The lowest BCUT2D eigenvalue weighted by molar-refractivity contribution is -0.114. The molecular weight excluding hydrogens is 301 g/mol. The number of morpholine rings is 1. The first-order chi connectivity index (χ1) is 10.5. The first-order valence-electron chi connectivity index (χ1n) is 6.55. The van der Waals surface area contributed by atoms with Crippen molar-refractivity contribution in [1.82, 2.24) is 4.90 Å². The maximum atomic E-state index is 13.4. The third kappa shape index (κ3) is 3.88. The van der Waals surface area contributed by atoms with Crippen LogP contribution in [0.15, 0.2) is 17.1 Å². The van der Waals surface area contributed by atoms with E-state index in [0.717, 1.165) is 12.1 Å². The molecule has 0 bridgehead atoms. The highest BCUT2D eigenvalue weighted by Gasteiger charge is 2.16. The van der Waals surface area contributed by atoms with Gasteiger partial charge in [0.2, 0.25) is 5.91 Å². The molecular formula is C13H15F3N4O2. The Kier molecular flexibility index (Phi) is 5.21. The molecule has 1 aliphatic rings. The third-order valence-corrected chi connectivity index (χ3v) is 3.03. The first-order valence-corrected chi connectivity index (χ1v) is 6.55. The van der Waals surface area contributed by atoms with Crippen LogP contribution in [0.25, 0.3) is 0 Å². The van der Waals surface area contributed by atoms with E-state index < -0.39 is 29.0 Å². The second-order valence-corrected chi connectivity index (χ2v) is 4.54. The fraction of sp³-hybridized carbons (Fsp3) is 0.385. The first kappa shape index (κ1) is 16.1. The topological polar surface area (TPSA) is 79.9 Å². The van der Waals surface area contributed by atoms with Crippen LogP contribution >= 0.6 is 0 Å². The number of halogens is 3. The molecule has 6 nitrogen and oxygen atoms in total. The fourth-order valence-electron chi connectivity index (χ4n) is 1.86. The summed E-state index contributed by atoms with van der Waals surface area (Å²) in [6.07, 6.45) is 0. The van der Waals surface area contributed by atoms with Gasteiger partial charge in [0.1, 0.15) is 6.54 Å². The molecule has 0 aliphatic carbocycles. The minimum atomic E-state index is -1.64. The summed E-state index contributed by atoms with van der Waals surface area (Å²) in [5.41, 5.74) is 5.27. The molecule has 0 spiro atoms. The minimum absolute atomic E-state index is 0.171. The number of nitrogens with two attached hydrogens (primary N) is 1. The molecule has 1 saturated heterocycles. The van der Waals surface area contributed by atoms with Gasteiger partial charge >= 0.3 is 0 Å². The largest absolute Gasteiger partial charge is 0.378 e. The zero-order valence-electron chi connectivity index (χ0n) is 11.6. The number of rotatable bonds is 3. The van der Waals surface area contributed by atoms with E-state index >= 15 is 0 Å². The van der Waals surface area contributed by atoms with Gasteiger partial charge in [-0.25, -0.2) is 18.2 Å². The van der Waals surface area contributed by atoms with E-state index in [4.69, 9.17) is 10.5 Å². The molecule has 0 aromatic heterocycles. The number of carbonyl (C=O) groups excluding carboxylic acids is 1. The van der Waals surface area contributed by atoms with Gasteiger partial charge in [-0.1, -0.05) is 0 Å². The van der Waals surface area contributed by atoms with Crippen molar-refractivity contribution in [3.63, 3.8) is 0 Å². The van der Waals surface area contributed by atoms with Crippen molar-refractivity contribution in [2.45, 2.75) is 0 Å². The van der Waals surface area contributed by atoms with Gasteiger partial charge in [0.05, 0.1) is 18.9 Å². The fourth-order valence-corrected chi connectivity index (χ4v) is 1.86. The van der Waals surface area contributed by atoms with Crippen molar-refractivity contribution in [1.29, 1.82) is 0 Å². The summed E-state index contributed by atoms with van der Waals surface area (Å²) in [7, 11) is 0. The number of carbonyl (C=O) groups is 1. The highest BCUT2D eigenvalue weighted by Crippen LogP contribution is 2.19. The molecule has 0 unspecified atom stereocenters. The minimum Gasteiger partial charge on any atom is -0.378 e. The molecule has 1 amide bonds. The van der Waals surface area contributed by atoms with Gasteiger partial charge in [-0.05, 0) is 12.1 Å². The molecule has 9 heteroatoms. The van der Waals surface area contributed by atoms with Crippen LogP contribution in [0.1, 0.15) is 0 Å². The Hall–Kier alpha value is -2.29. The normalized spacial score (nSPS) is 15.8. The number of ether oxygens (including phenoxy) is 1. The quantitative estimate of drug-likeness (QED) is 0.488. The zero-order valence-corrected chi connectivity index (χ0v) is 11.6. The Morgan fingerprint density at radius 3 is 2.64 bits per heavy atom. The van der Waals surface area contributed by atoms with Crippen LogP contribution < -0.4 is 11.1 Å². The molecule has 3 N–H and O–H groups in total. The van der Waals surface area contributed by atoms with Crippen molar-refractivity contribution >= 4 is 17.6 Å². The number of nitrogens with zero attached hydrogens (tertiary/aromatic N) is 2. The number of amides is 1. The molecule has 1 aromatic rings. The predicted molar refractivity (Wildman–Crippen MR) is 73.8 cm³/mol. The second kappa shape index (κ2) is 7.12. The predicted octanol–water partition coefficient (Wildman–Crippen LogP) is 0.689. The van der Waals surface area contributed by atoms with Crippen LogP contribution in [-0.4, -0.2) is 49.6 Å². The molecule has 0 radical (unpaired) electrons. The summed E-state index contributed by atoms with van der Waals surface area (Å²) >= 11 is 0. The van der Waals surface area contributed by atoms with Crippen LogP contribution in [-0.2, 0) is 9.53 Å². The summed E-state index contributed by atoms with van der Waals surface area (Å²) in [4.78, 5) is 17.3. The van der Waals surface area contributed by atoms with Gasteiger partial charge < -0.3 is 20.7 Å². The van der Waals surface area contributed by atoms with E-state index in [1.54, 1.807) is 4.90 Å². The van der Waals surface area contributed by atoms with Gasteiger partial charge in [0, 0.05) is 13.1 Å². The molecule has 0 saturated carbocycles. The van der Waals surface area contributed by atoms with E-state index in [-0.39, 0.29) is 12.5 Å². The maximum absolute atomic E-state index is 13.4. The van der Waals surface area contributed by atoms with Crippen LogP contribution in [0.2, 0.25) is 0 Å².